The summed E-state index contributed by atoms with van der Waals surface area (Å²) in [5, 5.41) is 0. The van der Waals surface area contributed by atoms with Crippen LogP contribution in [0.5, 0.6) is 0 Å². The first kappa shape index (κ1) is 16.3. The fraction of sp³-hybridized carbons (Fsp3) is 0.300. The van der Waals surface area contributed by atoms with E-state index < -0.39 is 0 Å². The first-order valence-corrected chi connectivity index (χ1v) is 9.39. The second-order valence-corrected chi connectivity index (χ2v) is 7.53. The molecule has 128 valence electrons. The molecule has 1 aliphatic heterocycles. The van der Waals surface area contributed by atoms with E-state index in [1.54, 1.807) is 0 Å². The van der Waals surface area contributed by atoms with Gasteiger partial charge in [-0.2, -0.15) is 0 Å². The van der Waals surface area contributed by atoms with Crippen LogP contribution in [0.25, 0.3) is 5.65 Å². The molecule has 3 aromatic rings. The zero-order chi connectivity index (χ0) is 17.7. The minimum absolute atomic E-state index is 0.0271. The van der Waals surface area contributed by atoms with E-state index >= 15 is 0 Å². The van der Waals surface area contributed by atoms with Crippen molar-refractivity contribution in [3.05, 3.63) is 63.5 Å². The highest BCUT2D eigenvalue weighted by Crippen LogP contribution is 2.34. The summed E-state index contributed by atoms with van der Waals surface area (Å²) in [6.45, 7) is 6.17. The first-order valence-electron chi connectivity index (χ1n) is 8.59. The van der Waals surface area contributed by atoms with Crippen molar-refractivity contribution in [2.24, 2.45) is 0 Å². The highest BCUT2D eigenvalue weighted by molar-refractivity contribution is 9.10. The number of amides is 1. The van der Waals surface area contributed by atoms with E-state index in [1.807, 2.05) is 53.6 Å². The number of nitrogens with zero attached hydrogens (tertiary/aromatic N) is 3. The van der Waals surface area contributed by atoms with Gasteiger partial charge in [0.05, 0.1) is 10.2 Å². The number of aromatic nitrogens is 2. The predicted octanol–water partition coefficient (Wildman–Crippen LogP) is 4.56. The van der Waals surface area contributed by atoms with Gasteiger partial charge in [0.15, 0.2) is 5.65 Å². The molecule has 1 unspecified atom stereocenters. The molecule has 0 aliphatic carbocycles. The smallest absolute Gasteiger partial charge is 0.277 e. The zero-order valence-electron chi connectivity index (χ0n) is 14.6. The molecule has 0 spiro atoms. The molecule has 1 aliphatic rings. The van der Waals surface area contributed by atoms with Crippen LogP contribution in [0.1, 0.15) is 41.2 Å². The number of hydrogen-bond acceptors (Lipinski definition) is 2. The summed E-state index contributed by atoms with van der Waals surface area (Å²) >= 11 is 3.59. The number of aryl methyl sites for hydroxylation is 2. The Morgan fingerprint density at radius 2 is 2.12 bits per heavy atom. The van der Waals surface area contributed by atoms with Crippen molar-refractivity contribution < 1.29 is 4.79 Å². The molecule has 0 saturated carbocycles. The van der Waals surface area contributed by atoms with Crippen molar-refractivity contribution >= 4 is 33.2 Å². The number of benzene rings is 1. The zero-order valence-corrected chi connectivity index (χ0v) is 16.2. The maximum absolute atomic E-state index is 13.5. The summed E-state index contributed by atoms with van der Waals surface area (Å²) in [6.07, 6.45) is 3.60. The number of anilines is 1. The number of hydrogen-bond donors (Lipinski definition) is 0. The van der Waals surface area contributed by atoms with Crippen LogP contribution in [0.3, 0.4) is 0 Å². The third-order valence-electron chi connectivity index (χ3n) is 4.85. The normalized spacial score (nSPS) is 16.5. The standard InChI is InChI=1S/C20H20BrN3O/c1-4-16-18(23-11-12(2)9-15(21)19(23)22-16)20(25)24-13(3)10-14-7-5-6-8-17(14)24/h5-9,11,13H,4,10H2,1-3H3. The quantitative estimate of drug-likeness (QED) is 0.635. The molecule has 2 aromatic heterocycles. The molecule has 4 rings (SSSR count). The Kier molecular flexibility index (Phi) is 3.91. The Balaban J connectivity index is 1.91. The number of pyridine rings is 1. The van der Waals surface area contributed by atoms with Crippen molar-refractivity contribution in [2.75, 3.05) is 4.90 Å². The average molecular weight is 398 g/mol. The molecule has 0 bridgehead atoms. The Hall–Kier alpha value is -2.14. The SMILES string of the molecule is CCc1nc2c(Br)cc(C)cn2c1C(=O)N1c2ccccc2CC1C. The lowest BCUT2D eigenvalue weighted by Gasteiger charge is -2.23. The fourth-order valence-electron chi connectivity index (χ4n) is 3.74. The molecule has 0 fully saturated rings. The Labute approximate surface area is 155 Å². The van der Waals surface area contributed by atoms with Gasteiger partial charge in [0.2, 0.25) is 0 Å². The lowest BCUT2D eigenvalue weighted by Crippen LogP contribution is -2.37. The molecule has 0 saturated heterocycles. The molecule has 4 nitrogen and oxygen atoms in total. The lowest BCUT2D eigenvalue weighted by molar-refractivity contribution is 0.0975. The van der Waals surface area contributed by atoms with Gasteiger partial charge in [-0.1, -0.05) is 25.1 Å². The monoisotopic (exact) mass is 397 g/mol. The average Bonchev–Trinajstić information content (AvgIpc) is 3.11. The van der Waals surface area contributed by atoms with Crippen molar-refractivity contribution in [1.29, 1.82) is 0 Å². The maximum atomic E-state index is 13.5. The minimum atomic E-state index is 0.0271. The third kappa shape index (κ3) is 2.49. The Morgan fingerprint density at radius 3 is 2.88 bits per heavy atom. The summed E-state index contributed by atoms with van der Waals surface area (Å²) in [6, 6.07) is 10.3. The summed E-state index contributed by atoms with van der Waals surface area (Å²) in [5.74, 6) is 0.0271. The number of rotatable bonds is 2. The minimum Gasteiger partial charge on any atom is -0.304 e. The summed E-state index contributed by atoms with van der Waals surface area (Å²) in [7, 11) is 0. The van der Waals surface area contributed by atoms with Gasteiger partial charge in [-0.25, -0.2) is 4.98 Å². The third-order valence-corrected chi connectivity index (χ3v) is 5.43. The number of carbonyl (C=O) groups excluding carboxylic acids is 1. The van der Waals surface area contributed by atoms with E-state index in [4.69, 9.17) is 4.98 Å². The fourth-order valence-corrected chi connectivity index (χ4v) is 4.38. The van der Waals surface area contributed by atoms with Crippen LogP contribution in [0.4, 0.5) is 5.69 Å². The van der Waals surface area contributed by atoms with Gasteiger partial charge in [-0.3, -0.25) is 9.20 Å². The molecule has 5 heteroatoms. The molecular weight excluding hydrogens is 378 g/mol. The Bertz CT molecular complexity index is 992. The van der Waals surface area contributed by atoms with Crippen LogP contribution >= 0.6 is 15.9 Å². The molecule has 0 N–H and O–H groups in total. The van der Waals surface area contributed by atoms with Crippen LogP contribution in [-0.2, 0) is 12.8 Å². The molecule has 3 heterocycles. The van der Waals surface area contributed by atoms with Crippen LogP contribution in [-0.4, -0.2) is 21.3 Å². The van der Waals surface area contributed by atoms with Crippen LogP contribution in [0.2, 0.25) is 0 Å². The molecule has 25 heavy (non-hydrogen) atoms. The topological polar surface area (TPSA) is 37.6 Å². The van der Waals surface area contributed by atoms with Crippen LogP contribution < -0.4 is 4.90 Å². The van der Waals surface area contributed by atoms with Gasteiger partial charge in [-0.15, -0.1) is 0 Å². The molecule has 1 amide bonds. The van der Waals surface area contributed by atoms with Gasteiger partial charge < -0.3 is 4.90 Å². The summed E-state index contributed by atoms with van der Waals surface area (Å²) in [5.41, 5.74) is 5.64. The van der Waals surface area contributed by atoms with Gasteiger partial charge >= 0.3 is 0 Å². The highest BCUT2D eigenvalue weighted by Gasteiger charge is 2.34. The summed E-state index contributed by atoms with van der Waals surface area (Å²) in [4.78, 5) is 20.2. The molecule has 1 atom stereocenters. The van der Waals surface area contributed by atoms with Gasteiger partial charge in [0, 0.05) is 17.9 Å². The van der Waals surface area contributed by atoms with Crippen LogP contribution in [0.15, 0.2) is 41.0 Å². The van der Waals surface area contributed by atoms with Gasteiger partial charge in [-0.05, 0) is 65.9 Å². The van der Waals surface area contributed by atoms with E-state index in [-0.39, 0.29) is 11.9 Å². The summed E-state index contributed by atoms with van der Waals surface area (Å²) < 4.78 is 2.85. The molecule has 0 radical (unpaired) electrons. The van der Waals surface area contributed by atoms with Gasteiger partial charge in [0.1, 0.15) is 5.69 Å². The highest BCUT2D eigenvalue weighted by atomic mass is 79.9. The Morgan fingerprint density at radius 1 is 1.36 bits per heavy atom. The molecular formula is C20H20BrN3O. The predicted molar refractivity (Wildman–Crippen MR) is 103 cm³/mol. The van der Waals surface area contributed by atoms with E-state index in [9.17, 15) is 4.79 Å². The maximum Gasteiger partial charge on any atom is 0.277 e. The van der Waals surface area contributed by atoms with E-state index in [0.717, 1.165) is 39.9 Å². The van der Waals surface area contributed by atoms with Crippen molar-refractivity contribution in [3.63, 3.8) is 0 Å². The number of para-hydroxylation sites is 1. The first-order chi connectivity index (χ1) is 12.0. The second-order valence-electron chi connectivity index (χ2n) is 6.68. The van der Waals surface area contributed by atoms with Crippen LogP contribution in [0, 0.1) is 6.92 Å². The largest absolute Gasteiger partial charge is 0.304 e. The van der Waals surface area contributed by atoms with Gasteiger partial charge in [0.25, 0.3) is 5.91 Å². The lowest BCUT2D eigenvalue weighted by atomic mass is 10.1. The van der Waals surface area contributed by atoms with E-state index in [1.165, 1.54) is 5.56 Å². The number of fused-ring (bicyclic) bond motifs is 2. The second kappa shape index (κ2) is 5.99. The van der Waals surface area contributed by atoms with Crippen molar-refractivity contribution in [3.8, 4) is 0 Å². The number of imidazole rings is 1. The number of halogens is 1. The molecule has 1 aromatic carbocycles. The van der Waals surface area contributed by atoms with Crippen molar-refractivity contribution in [1.82, 2.24) is 9.38 Å². The van der Waals surface area contributed by atoms with Crippen molar-refractivity contribution in [2.45, 2.75) is 39.7 Å². The van der Waals surface area contributed by atoms with E-state index in [2.05, 4.69) is 28.9 Å². The number of carbonyl (C=O) groups is 1. The van der Waals surface area contributed by atoms with E-state index in [0.29, 0.717) is 5.69 Å².